The highest BCUT2D eigenvalue weighted by molar-refractivity contribution is 6.05. The van der Waals surface area contributed by atoms with Gasteiger partial charge in [0.1, 0.15) is 12.4 Å². The molecule has 0 radical (unpaired) electrons. The highest BCUT2D eigenvalue weighted by Crippen LogP contribution is 2.51. The number of nitrogens with one attached hydrogen (secondary N) is 1. The molecule has 0 unspecified atom stereocenters. The Bertz CT molecular complexity index is 987. The van der Waals surface area contributed by atoms with E-state index in [4.69, 9.17) is 10.5 Å². The number of anilines is 1. The quantitative estimate of drug-likeness (QED) is 0.694. The molecule has 3 aromatic carbocycles. The third-order valence-electron chi connectivity index (χ3n) is 5.33. The van der Waals surface area contributed by atoms with Gasteiger partial charge in [0.05, 0.1) is 5.41 Å². The van der Waals surface area contributed by atoms with Crippen LogP contribution in [0.5, 0.6) is 5.75 Å². The summed E-state index contributed by atoms with van der Waals surface area (Å²) in [6.45, 7) is 2.90. The Kier molecular flexibility index (Phi) is 4.58. The summed E-state index contributed by atoms with van der Waals surface area (Å²) in [6.07, 6.45) is 1.74. The number of fused-ring (bicyclic) bond motifs is 1. The number of amides is 1. The second kappa shape index (κ2) is 7.05. The van der Waals surface area contributed by atoms with E-state index in [1.54, 1.807) is 0 Å². The third kappa shape index (κ3) is 3.28. The molecular formula is C23H24N2O2. The van der Waals surface area contributed by atoms with E-state index in [1.807, 2.05) is 43.3 Å². The van der Waals surface area contributed by atoms with Gasteiger partial charge in [-0.25, -0.2) is 0 Å². The predicted octanol–water partition coefficient (Wildman–Crippen LogP) is 4.16. The van der Waals surface area contributed by atoms with Gasteiger partial charge in [-0.05, 0) is 47.7 Å². The normalized spacial score (nSPS) is 14.7. The third-order valence-corrected chi connectivity index (χ3v) is 5.33. The molecule has 0 saturated heterocycles. The van der Waals surface area contributed by atoms with Gasteiger partial charge in [0.2, 0.25) is 5.91 Å². The molecule has 1 aliphatic rings. The molecular weight excluding hydrogens is 336 g/mol. The number of benzene rings is 3. The van der Waals surface area contributed by atoms with Gasteiger partial charge < -0.3 is 15.8 Å². The summed E-state index contributed by atoms with van der Waals surface area (Å²) in [4.78, 5) is 13.2. The molecule has 0 aromatic heterocycles. The zero-order chi connectivity index (χ0) is 18.9. The van der Waals surface area contributed by atoms with Crippen LogP contribution in [0.4, 0.5) is 5.69 Å². The van der Waals surface area contributed by atoms with E-state index in [1.165, 1.54) is 5.39 Å². The first-order valence-electron chi connectivity index (χ1n) is 9.37. The molecule has 0 heterocycles. The summed E-state index contributed by atoms with van der Waals surface area (Å²) in [5.41, 5.74) is 7.98. The molecule has 0 atom stereocenters. The highest BCUT2D eigenvalue weighted by atomic mass is 16.5. The Hall–Kier alpha value is -2.85. The predicted molar refractivity (Wildman–Crippen MR) is 109 cm³/mol. The molecule has 3 N–H and O–H groups in total. The molecule has 0 bridgehead atoms. The van der Waals surface area contributed by atoms with Crippen molar-refractivity contribution in [3.63, 3.8) is 0 Å². The maximum atomic E-state index is 13.2. The summed E-state index contributed by atoms with van der Waals surface area (Å²) >= 11 is 0. The Morgan fingerprint density at radius 3 is 2.67 bits per heavy atom. The molecule has 138 valence electrons. The average Bonchev–Trinajstić information content (AvgIpc) is 3.50. The number of hydrogen-bond acceptors (Lipinski definition) is 3. The summed E-state index contributed by atoms with van der Waals surface area (Å²) in [5.74, 6) is 0.772. The van der Waals surface area contributed by atoms with Crippen LogP contribution in [-0.2, 0) is 10.2 Å². The van der Waals surface area contributed by atoms with Crippen molar-refractivity contribution in [2.75, 3.05) is 18.5 Å². The Balaban J connectivity index is 1.63. The van der Waals surface area contributed by atoms with Crippen molar-refractivity contribution < 1.29 is 9.53 Å². The van der Waals surface area contributed by atoms with Crippen LogP contribution in [0.25, 0.3) is 10.8 Å². The average molecular weight is 360 g/mol. The van der Waals surface area contributed by atoms with Gasteiger partial charge in [-0.15, -0.1) is 0 Å². The van der Waals surface area contributed by atoms with Crippen LogP contribution in [0.1, 0.15) is 24.0 Å². The minimum atomic E-state index is -0.443. The van der Waals surface area contributed by atoms with Crippen LogP contribution in [-0.4, -0.2) is 19.1 Å². The summed E-state index contributed by atoms with van der Waals surface area (Å²) in [7, 11) is 0. The fourth-order valence-electron chi connectivity index (χ4n) is 3.63. The van der Waals surface area contributed by atoms with Crippen LogP contribution in [0, 0.1) is 6.92 Å². The number of carbonyl (C=O) groups excluding carboxylic acids is 1. The zero-order valence-corrected chi connectivity index (χ0v) is 15.5. The molecule has 1 aliphatic carbocycles. The van der Waals surface area contributed by atoms with Crippen molar-refractivity contribution in [2.45, 2.75) is 25.2 Å². The molecule has 3 aromatic rings. The maximum Gasteiger partial charge on any atom is 0.235 e. The number of rotatable bonds is 6. The molecule has 27 heavy (non-hydrogen) atoms. The molecule has 0 spiro atoms. The van der Waals surface area contributed by atoms with Crippen molar-refractivity contribution in [1.82, 2.24) is 0 Å². The Morgan fingerprint density at radius 2 is 1.89 bits per heavy atom. The highest BCUT2D eigenvalue weighted by Gasteiger charge is 2.52. The van der Waals surface area contributed by atoms with Gasteiger partial charge in [0.15, 0.2) is 0 Å². The zero-order valence-electron chi connectivity index (χ0n) is 15.5. The molecule has 4 heteroatoms. The number of hydrogen-bond donors (Lipinski definition) is 2. The lowest BCUT2D eigenvalue weighted by atomic mass is 9.90. The molecule has 4 rings (SSSR count). The fraction of sp³-hybridized carbons (Fsp3) is 0.261. The van der Waals surface area contributed by atoms with Crippen LogP contribution in [0.2, 0.25) is 0 Å². The van der Waals surface area contributed by atoms with Crippen molar-refractivity contribution >= 4 is 22.4 Å². The van der Waals surface area contributed by atoms with Gasteiger partial charge in [-0.3, -0.25) is 4.79 Å². The standard InChI is InChI=1S/C23H24N2O2/c1-16-9-10-18(27-14-13-24)15-21(16)25-22(26)23(11-12-23)20-8-4-6-17-5-2-3-7-19(17)20/h2-10,15H,11-14,24H2,1H3,(H,25,26). The first kappa shape index (κ1) is 17.6. The van der Waals surface area contributed by atoms with Crippen LogP contribution in [0.15, 0.2) is 60.7 Å². The van der Waals surface area contributed by atoms with E-state index in [2.05, 4.69) is 29.6 Å². The van der Waals surface area contributed by atoms with Crippen molar-refractivity contribution in [1.29, 1.82) is 0 Å². The molecule has 1 fully saturated rings. The van der Waals surface area contributed by atoms with E-state index < -0.39 is 5.41 Å². The SMILES string of the molecule is Cc1ccc(OCCN)cc1NC(=O)C1(c2cccc3ccccc23)CC1. The second-order valence-electron chi connectivity index (χ2n) is 7.18. The lowest BCUT2D eigenvalue weighted by Crippen LogP contribution is -2.28. The Morgan fingerprint density at radius 1 is 1.11 bits per heavy atom. The maximum absolute atomic E-state index is 13.2. The first-order chi connectivity index (χ1) is 13.1. The van der Waals surface area contributed by atoms with E-state index >= 15 is 0 Å². The first-order valence-corrected chi connectivity index (χ1v) is 9.37. The number of nitrogens with two attached hydrogens (primary N) is 1. The van der Waals surface area contributed by atoms with E-state index in [0.717, 1.165) is 40.8 Å². The monoisotopic (exact) mass is 360 g/mol. The van der Waals surface area contributed by atoms with Gasteiger partial charge in [-0.2, -0.15) is 0 Å². The second-order valence-corrected chi connectivity index (χ2v) is 7.18. The smallest absolute Gasteiger partial charge is 0.235 e. The number of ether oxygens (including phenoxy) is 1. The lowest BCUT2D eigenvalue weighted by molar-refractivity contribution is -0.118. The van der Waals surface area contributed by atoms with Crippen LogP contribution in [0.3, 0.4) is 0 Å². The lowest BCUT2D eigenvalue weighted by Gasteiger charge is -2.19. The van der Waals surface area contributed by atoms with Crippen LogP contribution >= 0.6 is 0 Å². The van der Waals surface area contributed by atoms with Gasteiger partial charge in [0, 0.05) is 18.3 Å². The largest absolute Gasteiger partial charge is 0.492 e. The van der Waals surface area contributed by atoms with Gasteiger partial charge in [-0.1, -0.05) is 48.5 Å². The van der Waals surface area contributed by atoms with E-state index in [9.17, 15) is 4.79 Å². The van der Waals surface area contributed by atoms with E-state index in [0.29, 0.717) is 13.2 Å². The van der Waals surface area contributed by atoms with Gasteiger partial charge in [0.25, 0.3) is 0 Å². The summed E-state index contributed by atoms with van der Waals surface area (Å²) in [6, 6.07) is 20.2. The molecule has 0 aliphatic heterocycles. The van der Waals surface area contributed by atoms with Crippen molar-refractivity contribution in [3.05, 3.63) is 71.8 Å². The Labute approximate surface area is 159 Å². The van der Waals surface area contributed by atoms with Gasteiger partial charge >= 0.3 is 0 Å². The number of carbonyl (C=O) groups is 1. The molecule has 1 amide bonds. The van der Waals surface area contributed by atoms with Crippen molar-refractivity contribution in [3.8, 4) is 5.75 Å². The molecule has 1 saturated carbocycles. The summed E-state index contributed by atoms with van der Waals surface area (Å²) in [5, 5.41) is 5.47. The topological polar surface area (TPSA) is 64.3 Å². The minimum absolute atomic E-state index is 0.0536. The van der Waals surface area contributed by atoms with Crippen LogP contribution < -0.4 is 15.8 Å². The fourth-order valence-corrected chi connectivity index (χ4v) is 3.63. The van der Waals surface area contributed by atoms with Crippen molar-refractivity contribution in [2.24, 2.45) is 5.73 Å². The molecule has 4 nitrogen and oxygen atoms in total. The number of aryl methyl sites for hydroxylation is 1. The van der Waals surface area contributed by atoms with E-state index in [-0.39, 0.29) is 5.91 Å². The minimum Gasteiger partial charge on any atom is -0.492 e. The summed E-state index contributed by atoms with van der Waals surface area (Å²) < 4.78 is 5.60.